The lowest BCUT2D eigenvalue weighted by Gasteiger charge is -2.19. The van der Waals surface area contributed by atoms with Crippen molar-refractivity contribution in [1.82, 2.24) is 10.6 Å². The maximum Gasteiger partial charge on any atom is 0.315 e. The van der Waals surface area contributed by atoms with Crippen molar-refractivity contribution < 1.29 is 9.53 Å². The molecule has 0 spiro atoms. The average Bonchev–Trinajstić information content (AvgIpc) is 3.14. The number of ether oxygens (including phenoxy) is 1. The van der Waals surface area contributed by atoms with E-state index in [1.54, 1.807) is 0 Å². The molecule has 2 amide bonds. The Morgan fingerprint density at radius 1 is 1.24 bits per heavy atom. The number of hydrogen-bond acceptors (Lipinski definition) is 2. The van der Waals surface area contributed by atoms with Crippen molar-refractivity contribution in [2.75, 3.05) is 6.54 Å². The number of benzene rings is 1. The van der Waals surface area contributed by atoms with Crippen LogP contribution in [-0.2, 0) is 17.7 Å². The van der Waals surface area contributed by atoms with Gasteiger partial charge >= 0.3 is 6.03 Å². The Kier molecular flexibility index (Phi) is 4.44. The Bertz CT molecular complexity index is 503. The van der Waals surface area contributed by atoms with Crippen molar-refractivity contribution in [2.24, 2.45) is 5.92 Å². The molecule has 1 aromatic carbocycles. The van der Waals surface area contributed by atoms with Gasteiger partial charge in [0.05, 0.1) is 12.2 Å². The summed E-state index contributed by atoms with van der Waals surface area (Å²) in [6.45, 7) is 3.44. The Balaban J connectivity index is 1.42. The second kappa shape index (κ2) is 6.48. The summed E-state index contributed by atoms with van der Waals surface area (Å²) in [7, 11) is 0. The van der Waals surface area contributed by atoms with Crippen LogP contribution >= 0.6 is 0 Å². The third-order valence-corrected chi connectivity index (χ3v) is 4.70. The van der Waals surface area contributed by atoms with Gasteiger partial charge in [0.25, 0.3) is 0 Å². The number of fused-ring (bicyclic) bond motifs is 2. The third-order valence-electron chi connectivity index (χ3n) is 4.70. The number of nitrogens with one attached hydrogen (secondary N) is 2. The fourth-order valence-corrected chi connectivity index (χ4v) is 3.49. The quantitative estimate of drug-likeness (QED) is 0.875. The normalized spacial score (nSPS) is 26.8. The molecule has 2 aliphatic rings. The first-order valence-corrected chi connectivity index (χ1v) is 8.00. The van der Waals surface area contributed by atoms with Gasteiger partial charge in [-0.05, 0) is 36.8 Å². The third kappa shape index (κ3) is 3.38. The number of rotatable bonds is 5. The van der Waals surface area contributed by atoms with Gasteiger partial charge in [-0.15, -0.1) is 0 Å². The maximum atomic E-state index is 11.9. The number of amides is 2. The molecule has 21 heavy (non-hydrogen) atoms. The molecular formula is C17H24N2O2. The number of aryl methyl sites for hydroxylation is 1. The van der Waals surface area contributed by atoms with Gasteiger partial charge < -0.3 is 15.4 Å². The molecule has 0 aliphatic carbocycles. The Hall–Kier alpha value is -1.55. The van der Waals surface area contributed by atoms with E-state index in [1.807, 2.05) is 12.1 Å². The molecule has 0 radical (unpaired) electrons. The molecule has 0 aromatic heterocycles. The van der Waals surface area contributed by atoms with Crippen LogP contribution in [0.15, 0.2) is 24.3 Å². The SMILES string of the molecule is CCc1ccccc1CNC(=O)NC[C@@H]1C[C@H]2CC[C@H]1O2. The van der Waals surface area contributed by atoms with Crippen LogP contribution in [-0.4, -0.2) is 24.8 Å². The molecule has 2 aliphatic heterocycles. The molecule has 2 N–H and O–H groups in total. The Labute approximate surface area is 126 Å². The highest BCUT2D eigenvalue weighted by molar-refractivity contribution is 5.73. The molecule has 114 valence electrons. The molecular weight excluding hydrogens is 264 g/mol. The van der Waals surface area contributed by atoms with Gasteiger partial charge in [0.15, 0.2) is 0 Å². The highest BCUT2D eigenvalue weighted by Crippen LogP contribution is 2.38. The van der Waals surface area contributed by atoms with E-state index in [-0.39, 0.29) is 6.03 Å². The lowest BCUT2D eigenvalue weighted by Crippen LogP contribution is -2.39. The summed E-state index contributed by atoms with van der Waals surface area (Å²) in [5.74, 6) is 0.498. The minimum Gasteiger partial charge on any atom is -0.375 e. The summed E-state index contributed by atoms with van der Waals surface area (Å²) < 4.78 is 5.81. The van der Waals surface area contributed by atoms with Crippen LogP contribution in [0.5, 0.6) is 0 Å². The fourth-order valence-electron chi connectivity index (χ4n) is 3.49. The summed E-state index contributed by atoms with van der Waals surface area (Å²) in [5.41, 5.74) is 2.48. The van der Waals surface area contributed by atoms with Crippen LogP contribution in [0.25, 0.3) is 0 Å². The van der Waals surface area contributed by atoms with Gasteiger partial charge in [-0.25, -0.2) is 4.79 Å². The minimum absolute atomic E-state index is 0.0799. The van der Waals surface area contributed by atoms with Crippen LogP contribution < -0.4 is 10.6 Å². The van der Waals surface area contributed by atoms with Crippen LogP contribution in [0.1, 0.15) is 37.3 Å². The summed E-state index contributed by atoms with van der Waals surface area (Å²) >= 11 is 0. The first-order valence-electron chi connectivity index (χ1n) is 8.00. The zero-order valence-corrected chi connectivity index (χ0v) is 12.6. The predicted octanol–water partition coefficient (Wildman–Crippen LogP) is 2.62. The molecule has 3 rings (SSSR count). The van der Waals surface area contributed by atoms with Crippen LogP contribution in [0.4, 0.5) is 4.79 Å². The van der Waals surface area contributed by atoms with Crippen molar-refractivity contribution in [3.63, 3.8) is 0 Å². The molecule has 0 unspecified atom stereocenters. The zero-order valence-electron chi connectivity index (χ0n) is 12.6. The molecule has 4 nitrogen and oxygen atoms in total. The van der Waals surface area contributed by atoms with E-state index < -0.39 is 0 Å². The topological polar surface area (TPSA) is 50.4 Å². The van der Waals surface area contributed by atoms with E-state index in [1.165, 1.54) is 17.5 Å². The smallest absolute Gasteiger partial charge is 0.315 e. The molecule has 2 saturated heterocycles. The molecule has 2 bridgehead atoms. The van der Waals surface area contributed by atoms with Crippen LogP contribution in [0.3, 0.4) is 0 Å². The molecule has 3 atom stereocenters. The van der Waals surface area contributed by atoms with E-state index in [0.29, 0.717) is 24.7 Å². The Morgan fingerprint density at radius 2 is 2.05 bits per heavy atom. The van der Waals surface area contributed by atoms with Gasteiger partial charge in [-0.2, -0.15) is 0 Å². The monoisotopic (exact) mass is 288 g/mol. The molecule has 2 heterocycles. The lowest BCUT2D eigenvalue weighted by molar-refractivity contribution is 0.0927. The number of hydrogen-bond donors (Lipinski definition) is 2. The first-order chi connectivity index (χ1) is 10.3. The fraction of sp³-hybridized carbons (Fsp3) is 0.588. The van der Waals surface area contributed by atoms with Gasteiger partial charge in [-0.1, -0.05) is 31.2 Å². The van der Waals surface area contributed by atoms with Gasteiger partial charge in [0.2, 0.25) is 0 Å². The largest absolute Gasteiger partial charge is 0.375 e. The minimum atomic E-state index is -0.0799. The average molecular weight is 288 g/mol. The zero-order chi connectivity index (χ0) is 14.7. The van der Waals surface area contributed by atoms with Crippen molar-refractivity contribution in [3.8, 4) is 0 Å². The second-order valence-corrected chi connectivity index (χ2v) is 6.06. The van der Waals surface area contributed by atoms with Crippen molar-refractivity contribution in [1.29, 1.82) is 0 Å². The summed E-state index contributed by atoms with van der Waals surface area (Å²) in [5, 5.41) is 5.94. The number of urea groups is 1. The first kappa shape index (κ1) is 14.4. The van der Waals surface area contributed by atoms with E-state index >= 15 is 0 Å². The lowest BCUT2D eigenvalue weighted by atomic mass is 9.89. The molecule has 1 aromatic rings. The number of carbonyl (C=O) groups excluding carboxylic acids is 1. The van der Waals surface area contributed by atoms with Crippen LogP contribution in [0.2, 0.25) is 0 Å². The second-order valence-electron chi connectivity index (χ2n) is 6.06. The number of carbonyl (C=O) groups is 1. The van der Waals surface area contributed by atoms with E-state index in [0.717, 1.165) is 25.8 Å². The maximum absolute atomic E-state index is 11.9. The standard InChI is InChI=1S/C17H24N2O2/c1-2-12-5-3-4-6-13(12)10-18-17(20)19-11-14-9-15-7-8-16(14)21-15/h3-6,14-16H,2,7-11H2,1H3,(H2,18,19,20)/t14-,15+,16+/m0/s1. The van der Waals surface area contributed by atoms with Gasteiger partial charge in [0.1, 0.15) is 0 Å². The molecule has 0 saturated carbocycles. The van der Waals surface area contributed by atoms with Gasteiger partial charge in [0, 0.05) is 19.0 Å². The van der Waals surface area contributed by atoms with Crippen molar-refractivity contribution in [2.45, 2.75) is 51.4 Å². The molecule has 4 heteroatoms. The highest BCUT2D eigenvalue weighted by atomic mass is 16.5. The summed E-state index contributed by atoms with van der Waals surface area (Å²) in [6.07, 6.45) is 5.26. The van der Waals surface area contributed by atoms with Crippen LogP contribution in [0, 0.1) is 5.92 Å². The van der Waals surface area contributed by atoms with Crippen molar-refractivity contribution in [3.05, 3.63) is 35.4 Å². The summed E-state index contributed by atoms with van der Waals surface area (Å²) in [6, 6.07) is 8.16. The van der Waals surface area contributed by atoms with E-state index in [9.17, 15) is 4.79 Å². The highest BCUT2D eigenvalue weighted by Gasteiger charge is 2.40. The predicted molar refractivity (Wildman–Crippen MR) is 82.1 cm³/mol. The summed E-state index contributed by atoms with van der Waals surface area (Å²) in [4.78, 5) is 11.9. The Morgan fingerprint density at radius 3 is 2.71 bits per heavy atom. The van der Waals surface area contributed by atoms with E-state index in [4.69, 9.17) is 4.74 Å². The molecule has 2 fully saturated rings. The van der Waals surface area contributed by atoms with Crippen molar-refractivity contribution >= 4 is 6.03 Å². The van der Waals surface area contributed by atoms with Gasteiger partial charge in [-0.3, -0.25) is 0 Å². The van der Waals surface area contributed by atoms with E-state index in [2.05, 4.69) is 29.7 Å².